The highest BCUT2D eigenvalue weighted by Crippen LogP contribution is 2.21. The summed E-state index contributed by atoms with van der Waals surface area (Å²) < 4.78 is 5.58. The first-order valence-corrected chi connectivity index (χ1v) is 5.48. The maximum Gasteiger partial charge on any atom is 0.219 e. The third-order valence-corrected chi connectivity index (χ3v) is 2.35. The van der Waals surface area contributed by atoms with Gasteiger partial charge in [0.15, 0.2) is 0 Å². The van der Waals surface area contributed by atoms with Crippen molar-refractivity contribution in [3.05, 3.63) is 53.2 Å². The summed E-state index contributed by atoms with van der Waals surface area (Å²) in [6.45, 7) is 0. The molecule has 0 bridgehead atoms. The Bertz CT molecular complexity index is 543. The summed E-state index contributed by atoms with van der Waals surface area (Å²) in [6.07, 6.45) is 5.73. The second kappa shape index (κ2) is 5.38. The molecule has 2 nitrogen and oxygen atoms in total. The van der Waals surface area contributed by atoms with Gasteiger partial charge in [-0.25, -0.2) is 4.98 Å². The van der Waals surface area contributed by atoms with E-state index in [-0.39, 0.29) is 0 Å². The van der Waals surface area contributed by atoms with Gasteiger partial charge in [0.2, 0.25) is 5.88 Å². The number of halogens is 1. The molecule has 1 aromatic heterocycles. The predicted octanol–water partition coefficient (Wildman–Crippen LogP) is 3.70. The SMILES string of the molecule is C#CCc1cccc(Oc2ccc(Cl)cc2)n1. The molecule has 0 aliphatic rings. The van der Waals surface area contributed by atoms with Gasteiger partial charge >= 0.3 is 0 Å². The Hall–Kier alpha value is -1.98. The average molecular weight is 244 g/mol. The van der Waals surface area contributed by atoms with Crippen molar-refractivity contribution < 1.29 is 4.74 Å². The van der Waals surface area contributed by atoms with Crippen LogP contribution in [-0.4, -0.2) is 4.98 Å². The van der Waals surface area contributed by atoms with Crippen LogP contribution in [0, 0.1) is 12.3 Å². The zero-order valence-electron chi connectivity index (χ0n) is 9.06. The fraction of sp³-hybridized carbons (Fsp3) is 0.0714. The second-order valence-corrected chi connectivity index (χ2v) is 3.84. The van der Waals surface area contributed by atoms with Crippen LogP contribution in [0.2, 0.25) is 5.02 Å². The van der Waals surface area contributed by atoms with Gasteiger partial charge in [-0.2, -0.15) is 0 Å². The Balaban J connectivity index is 2.16. The fourth-order valence-corrected chi connectivity index (χ4v) is 1.47. The number of aromatic nitrogens is 1. The van der Waals surface area contributed by atoms with Crippen molar-refractivity contribution in [1.82, 2.24) is 4.98 Å². The van der Waals surface area contributed by atoms with E-state index in [0.29, 0.717) is 23.1 Å². The average Bonchev–Trinajstić information content (AvgIpc) is 2.33. The lowest BCUT2D eigenvalue weighted by Crippen LogP contribution is -1.92. The lowest BCUT2D eigenvalue weighted by atomic mass is 10.3. The number of ether oxygens (including phenoxy) is 1. The summed E-state index contributed by atoms with van der Waals surface area (Å²) in [7, 11) is 0. The third-order valence-electron chi connectivity index (χ3n) is 2.10. The molecule has 2 rings (SSSR count). The number of nitrogens with zero attached hydrogens (tertiary/aromatic N) is 1. The fourth-order valence-electron chi connectivity index (χ4n) is 1.34. The van der Waals surface area contributed by atoms with Crippen molar-refractivity contribution in [3.63, 3.8) is 0 Å². The van der Waals surface area contributed by atoms with Crippen LogP contribution < -0.4 is 4.74 Å². The maximum absolute atomic E-state index is 5.79. The Morgan fingerprint density at radius 1 is 1.18 bits per heavy atom. The van der Waals surface area contributed by atoms with Crippen LogP contribution in [0.3, 0.4) is 0 Å². The highest BCUT2D eigenvalue weighted by Gasteiger charge is 2.00. The zero-order chi connectivity index (χ0) is 12.1. The number of benzene rings is 1. The molecule has 0 saturated heterocycles. The van der Waals surface area contributed by atoms with Crippen LogP contribution in [0.1, 0.15) is 5.69 Å². The first-order valence-electron chi connectivity index (χ1n) is 5.11. The van der Waals surface area contributed by atoms with Crippen molar-refractivity contribution in [2.45, 2.75) is 6.42 Å². The molecule has 0 saturated carbocycles. The monoisotopic (exact) mass is 243 g/mol. The zero-order valence-corrected chi connectivity index (χ0v) is 9.82. The minimum atomic E-state index is 0.498. The van der Waals surface area contributed by atoms with Crippen molar-refractivity contribution in [3.8, 4) is 24.0 Å². The molecule has 1 heterocycles. The Labute approximate surface area is 105 Å². The normalized spacial score (nSPS) is 9.65. The molecule has 0 atom stereocenters. The van der Waals surface area contributed by atoms with Gasteiger partial charge in [-0.05, 0) is 30.3 Å². The maximum atomic E-state index is 5.79. The van der Waals surface area contributed by atoms with Crippen molar-refractivity contribution in [2.24, 2.45) is 0 Å². The predicted molar refractivity (Wildman–Crippen MR) is 68.3 cm³/mol. The van der Waals surface area contributed by atoms with Crippen molar-refractivity contribution in [2.75, 3.05) is 0 Å². The molecule has 0 N–H and O–H groups in total. The van der Waals surface area contributed by atoms with Crippen LogP contribution in [0.15, 0.2) is 42.5 Å². The molecular weight excluding hydrogens is 234 g/mol. The van der Waals surface area contributed by atoms with Gasteiger partial charge in [0, 0.05) is 11.1 Å². The molecule has 0 unspecified atom stereocenters. The van der Waals surface area contributed by atoms with Crippen LogP contribution in [0.25, 0.3) is 0 Å². The van der Waals surface area contributed by atoms with Crippen LogP contribution >= 0.6 is 11.6 Å². The lowest BCUT2D eigenvalue weighted by molar-refractivity contribution is 0.461. The summed E-state index contributed by atoms with van der Waals surface area (Å²) in [6, 6.07) is 12.6. The van der Waals surface area contributed by atoms with Crippen LogP contribution in [0.4, 0.5) is 0 Å². The van der Waals surface area contributed by atoms with Gasteiger partial charge in [0.25, 0.3) is 0 Å². The number of terminal acetylenes is 1. The molecule has 2 aromatic rings. The Kier molecular flexibility index (Phi) is 3.64. The van der Waals surface area contributed by atoms with E-state index in [1.807, 2.05) is 12.1 Å². The van der Waals surface area contributed by atoms with Crippen molar-refractivity contribution in [1.29, 1.82) is 0 Å². The molecular formula is C14H10ClNO. The number of hydrogen-bond acceptors (Lipinski definition) is 2. The molecule has 17 heavy (non-hydrogen) atoms. The topological polar surface area (TPSA) is 22.1 Å². The molecule has 84 valence electrons. The van der Waals surface area contributed by atoms with Gasteiger partial charge in [0.1, 0.15) is 5.75 Å². The highest BCUT2D eigenvalue weighted by molar-refractivity contribution is 6.30. The smallest absolute Gasteiger partial charge is 0.219 e. The van der Waals surface area contributed by atoms with Gasteiger partial charge in [0.05, 0.1) is 12.1 Å². The van der Waals surface area contributed by atoms with Crippen molar-refractivity contribution >= 4 is 11.6 Å². The minimum absolute atomic E-state index is 0.498. The molecule has 0 radical (unpaired) electrons. The van der Waals surface area contributed by atoms with E-state index >= 15 is 0 Å². The molecule has 0 aliphatic carbocycles. The van der Waals surface area contributed by atoms with E-state index in [1.165, 1.54) is 0 Å². The molecule has 0 spiro atoms. The molecule has 3 heteroatoms. The molecule has 1 aromatic carbocycles. The number of rotatable bonds is 3. The Morgan fingerprint density at radius 3 is 2.65 bits per heavy atom. The molecule has 0 amide bonds. The van der Waals surface area contributed by atoms with E-state index in [9.17, 15) is 0 Å². The van der Waals surface area contributed by atoms with Crippen LogP contribution in [0.5, 0.6) is 11.6 Å². The number of pyridine rings is 1. The summed E-state index contributed by atoms with van der Waals surface area (Å²) in [5.41, 5.74) is 0.818. The summed E-state index contributed by atoms with van der Waals surface area (Å²) >= 11 is 5.79. The van der Waals surface area contributed by atoms with Crippen LogP contribution in [-0.2, 0) is 6.42 Å². The second-order valence-electron chi connectivity index (χ2n) is 3.40. The first kappa shape index (κ1) is 11.5. The van der Waals surface area contributed by atoms with Gasteiger partial charge in [-0.15, -0.1) is 12.3 Å². The minimum Gasteiger partial charge on any atom is -0.439 e. The summed E-state index contributed by atoms with van der Waals surface area (Å²) in [4.78, 5) is 4.28. The third kappa shape index (κ3) is 3.24. The largest absolute Gasteiger partial charge is 0.439 e. The quantitative estimate of drug-likeness (QED) is 0.767. The summed E-state index contributed by atoms with van der Waals surface area (Å²) in [5.74, 6) is 3.77. The lowest BCUT2D eigenvalue weighted by Gasteiger charge is -2.05. The number of hydrogen-bond donors (Lipinski definition) is 0. The van der Waals surface area contributed by atoms with E-state index in [2.05, 4.69) is 10.9 Å². The Morgan fingerprint density at radius 2 is 1.94 bits per heavy atom. The van der Waals surface area contributed by atoms with E-state index < -0.39 is 0 Å². The molecule has 0 fully saturated rings. The van der Waals surface area contributed by atoms with E-state index in [0.717, 1.165) is 5.69 Å². The van der Waals surface area contributed by atoms with E-state index in [1.54, 1.807) is 30.3 Å². The highest BCUT2D eigenvalue weighted by atomic mass is 35.5. The van der Waals surface area contributed by atoms with Gasteiger partial charge < -0.3 is 4.74 Å². The van der Waals surface area contributed by atoms with Gasteiger partial charge in [-0.3, -0.25) is 0 Å². The standard InChI is InChI=1S/C14H10ClNO/c1-2-4-12-5-3-6-14(16-12)17-13-9-7-11(15)8-10-13/h1,3,5-10H,4H2. The summed E-state index contributed by atoms with van der Waals surface area (Å²) in [5, 5.41) is 0.673. The van der Waals surface area contributed by atoms with Gasteiger partial charge in [-0.1, -0.05) is 17.7 Å². The van der Waals surface area contributed by atoms with E-state index in [4.69, 9.17) is 22.8 Å². The first-order chi connectivity index (χ1) is 8.28. The molecule has 0 aliphatic heterocycles.